The topological polar surface area (TPSA) is 73.6 Å². The Kier molecular flexibility index (Phi) is 5.48. The molecule has 0 atom stereocenters. The Morgan fingerprint density at radius 2 is 1.71 bits per heavy atom. The normalized spacial score (nSPS) is 14.2. The number of nitrogens with zero attached hydrogens (tertiary/aromatic N) is 3. The highest BCUT2D eigenvalue weighted by molar-refractivity contribution is 5.67. The van der Waals surface area contributed by atoms with Crippen LogP contribution in [0.25, 0.3) is 11.3 Å². The van der Waals surface area contributed by atoms with Gasteiger partial charge in [-0.25, -0.2) is 4.98 Å². The third kappa shape index (κ3) is 4.47. The molecule has 1 fully saturated rings. The molecule has 4 rings (SSSR count). The van der Waals surface area contributed by atoms with Gasteiger partial charge in [0.2, 0.25) is 5.95 Å². The van der Waals surface area contributed by atoms with Crippen molar-refractivity contribution in [3.8, 4) is 17.3 Å². The first-order chi connectivity index (χ1) is 13.8. The van der Waals surface area contributed by atoms with Crippen molar-refractivity contribution in [3.63, 3.8) is 0 Å². The van der Waals surface area contributed by atoms with Crippen LogP contribution < -0.4 is 10.6 Å². The number of hydrogen-bond donors (Lipinski definition) is 2. The van der Waals surface area contributed by atoms with E-state index in [2.05, 4.69) is 21.7 Å². The number of hydrogen-bond acceptors (Lipinski definition) is 5. The summed E-state index contributed by atoms with van der Waals surface area (Å²) in [5, 5.41) is 16.0. The second kappa shape index (κ2) is 8.53. The lowest BCUT2D eigenvalue weighted by Crippen LogP contribution is -2.23. The number of rotatable bonds is 5. The summed E-state index contributed by atoms with van der Waals surface area (Å²) in [6.45, 7) is 0. The Morgan fingerprint density at radius 1 is 0.893 bits per heavy atom. The second-order valence-electron chi connectivity index (χ2n) is 7.12. The number of nitrogens with one attached hydrogen (secondary N) is 2. The number of anilines is 3. The van der Waals surface area contributed by atoms with Crippen LogP contribution in [0.2, 0.25) is 0 Å². The van der Waals surface area contributed by atoms with E-state index in [0.29, 0.717) is 23.4 Å². The van der Waals surface area contributed by atoms with E-state index < -0.39 is 0 Å². The van der Waals surface area contributed by atoms with E-state index in [1.165, 1.54) is 19.3 Å². The summed E-state index contributed by atoms with van der Waals surface area (Å²) >= 11 is 0. The smallest absolute Gasteiger partial charge is 0.225 e. The van der Waals surface area contributed by atoms with Crippen molar-refractivity contribution in [2.24, 2.45) is 0 Å². The van der Waals surface area contributed by atoms with Crippen LogP contribution in [0.5, 0.6) is 0 Å². The molecule has 0 spiro atoms. The fourth-order valence-electron chi connectivity index (χ4n) is 3.58. The predicted molar refractivity (Wildman–Crippen MR) is 112 cm³/mol. The van der Waals surface area contributed by atoms with Crippen LogP contribution in [-0.2, 0) is 0 Å². The molecule has 140 valence electrons. The standard InChI is InChI=1S/C23H23N5/c24-16-17-8-7-13-20(14-17)25-22-15-21(18-9-3-1-4-10-18)27-23(28-22)26-19-11-5-2-6-12-19/h1,3-4,7-10,13-15,19H,2,5-6,11-12H2,(H2,25,26,27,28). The maximum Gasteiger partial charge on any atom is 0.225 e. The molecule has 0 amide bonds. The zero-order valence-electron chi connectivity index (χ0n) is 15.7. The van der Waals surface area contributed by atoms with Crippen LogP contribution in [-0.4, -0.2) is 16.0 Å². The van der Waals surface area contributed by atoms with Crippen molar-refractivity contribution < 1.29 is 0 Å². The van der Waals surface area contributed by atoms with E-state index >= 15 is 0 Å². The van der Waals surface area contributed by atoms with Crippen LogP contribution >= 0.6 is 0 Å². The lowest BCUT2D eigenvalue weighted by molar-refractivity contribution is 0.461. The molecule has 3 aromatic rings. The van der Waals surface area contributed by atoms with Crippen molar-refractivity contribution in [1.82, 2.24) is 9.97 Å². The van der Waals surface area contributed by atoms with E-state index in [-0.39, 0.29) is 0 Å². The molecule has 2 N–H and O–H groups in total. The summed E-state index contributed by atoms with van der Waals surface area (Å²) in [5.41, 5.74) is 3.36. The van der Waals surface area contributed by atoms with Gasteiger partial charge < -0.3 is 10.6 Å². The predicted octanol–water partition coefficient (Wildman–Crippen LogP) is 5.50. The summed E-state index contributed by atoms with van der Waals surface area (Å²) in [6.07, 6.45) is 6.13. The molecule has 1 aromatic heterocycles. The van der Waals surface area contributed by atoms with Gasteiger partial charge in [-0.1, -0.05) is 55.7 Å². The Bertz CT molecular complexity index is 972. The van der Waals surface area contributed by atoms with Gasteiger partial charge in [0.25, 0.3) is 0 Å². The van der Waals surface area contributed by atoms with E-state index in [9.17, 15) is 0 Å². The first-order valence-electron chi connectivity index (χ1n) is 9.78. The minimum absolute atomic E-state index is 0.426. The lowest BCUT2D eigenvalue weighted by atomic mass is 9.96. The van der Waals surface area contributed by atoms with Crippen LogP contribution in [0.15, 0.2) is 60.7 Å². The van der Waals surface area contributed by atoms with Crippen molar-refractivity contribution in [2.45, 2.75) is 38.1 Å². The number of aromatic nitrogens is 2. The molecular weight excluding hydrogens is 346 g/mol. The first kappa shape index (κ1) is 18.0. The van der Waals surface area contributed by atoms with Gasteiger partial charge in [0.1, 0.15) is 5.82 Å². The molecule has 0 saturated heterocycles. The minimum atomic E-state index is 0.426. The average molecular weight is 369 g/mol. The summed E-state index contributed by atoms with van der Waals surface area (Å²) in [4.78, 5) is 9.45. The van der Waals surface area contributed by atoms with Crippen molar-refractivity contribution >= 4 is 17.5 Å². The van der Waals surface area contributed by atoms with Crippen molar-refractivity contribution in [1.29, 1.82) is 5.26 Å². The maximum atomic E-state index is 9.13. The largest absolute Gasteiger partial charge is 0.351 e. The van der Waals surface area contributed by atoms with Crippen LogP contribution in [0, 0.1) is 11.3 Å². The Labute approximate surface area is 165 Å². The summed E-state index contributed by atoms with van der Waals surface area (Å²) in [5.74, 6) is 1.36. The van der Waals surface area contributed by atoms with Gasteiger partial charge >= 0.3 is 0 Å². The zero-order chi connectivity index (χ0) is 19.2. The van der Waals surface area contributed by atoms with Gasteiger partial charge in [-0.3, -0.25) is 0 Å². The highest BCUT2D eigenvalue weighted by Crippen LogP contribution is 2.26. The third-order valence-corrected chi connectivity index (χ3v) is 5.00. The molecule has 1 saturated carbocycles. The molecule has 1 heterocycles. The van der Waals surface area contributed by atoms with Gasteiger partial charge in [-0.2, -0.15) is 10.2 Å². The molecule has 28 heavy (non-hydrogen) atoms. The second-order valence-corrected chi connectivity index (χ2v) is 7.12. The quantitative estimate of drug-likeness (QED) is 0.621. The zero-order valence-corrected chi connectivity index (χ0v) is 15.7. The fourth-order valence-corrected chi connectivity index (χ4v) is 3.58. The van der Waals surface area contributed by atoms with Crippen LogP contribution in [0.1, 0.15) is 37.7 Å². The molecular formula is C23H23N5. The fraction of sp³-hybridized carbons (Fsp3) is 0.261. The molecule has 0 radical (unpaired) electrons. The lowest BCUT2D eigenvalue weighted by Gasteiger charge is -2.23. The summed E-state index contributed by atoms with van der Waals surface area (Å²) in [7, 11) is 0. The molecule has 5 heteroatoms. The van der Waals surface area contributed by atoms with Crippen LogP contribution in [0.4, 0.5) is 17.5 Å². The molecule has 1 aliphatic carbocycles. The maximum absolute atomic E-state index is 9.13. The van der Waals surface area contributed by atoms with E-state index in [1.807, 2.05) is 54.6 Å². The van der Waals surface area contributed by atoms with E-state index in [4.69, 9.17) is 10.2 Å². The average Bonchev–Trinajstić information content (AvgIpc) is 2.75. The minimum Gasteiger partial charge on any atom is -0.351 e. The summed E-state index contributed by atoms with van der Waals surface area (Å²) in [6, 6.07) is 22.1. The highest BCUT2D eigenvalue weighted by atomic mass is 15.2. The molecule has 0 aliphatic heterocycles. The van der Waals surface area contributed by atoms with E-state index in [0.717, 1.165) is 29.8 Å². The van der Waals surface area contributed by atoms with E-state index in [1.54, 1.807) is 6.07 Å². The molecule has 2 aromatic carbocycles. The van der Waals surface area contributed by atoms with Crippen molar-refractivity contribution in [2.75, 3.05) is 10.6 Å². The van der Waals surface area contributed by atoms with Gasteiger partial charge in [0.15, 0.2) is 0 Å². The SMILES string of the molecule is N#Cc1cccc(Nc2cc(-c3ccccc3)nc(NC3CCCCC3)n2)c1. The first-order valence-corrected chi connectivity index (χ1v) is 9.78. The van der Waals surface area contributed by atoms with Gasteiger partial charge in [0, 0.05) is 23.4 Å². The number of nitriles is 1. The third-order valence-electron chi connectivity index (χ3n) is 5.00. The summed E-state index contributed by atoms with van der Waals surface area (Å²) < 4.78 is 0. The van der Waals surface area contributed by atoms with Gasteiger partial charge in [0.05, 0.1) is 17.3 Å². The molecule has 0 bridgehead atoms. The Balaban J connectivity index is 1.65. The molecule has 1 aliphatic rings. The molecule has 5 nitrogen and oxygen atoms in total. The molecule has 0 unspecified atom stereocenters. The Hall–Kier alpha value is -3.39. The van der Waals surface area contributed by atoms with Crippen LogP contribution in [0.3, 0.4) is 0 Å². The monoisotopic (exact) mass is 369 g/mol. The van der Waals surface area contributed by atoms with Gasteiger partial charge in [-0.05, 0) is 31.0 Å². The number of benzene rings is 2. The van der Waals surface area contributed by atoms with Gasteiger partial charge in [-0.15, -0.1) is 0 Å². The van der Waals surface area contributed by atoms with Crippen molar-refractivity contribution in [3.05, 3.63) is 66.2 Å². The highest BCUT2D eigenvalue weighted by Gasteiger charge is 2.15. The Morgan fingerprint density at radius 3 is 2.50 bits per heavy atom.